The normalized spacial score (nSPS) is 11.5. The number of nitrogens with two attached hydrogens (primary N) is 1. The molecule has 8 heteroatoms. The van der Waals surface area contributed by atoms with Crippen LogP contribution in [0.15, 0.2) is 30.5 Å². The zero-order valence-electron chi connectivity index (χ0n) is 11.1. The zero-order chi connectivity index (χ0) is 15.6. The van der Waals surface area contributed by atoms with Crippen molar-refractivity contribution in [2.24, 2.45) is 5.84 Å². The predicted octanol–water partition coefficient (Wildman–Crippen LogP) is 2.06. The van der Waals surface area contributed by atoms with Crippen molar-refractivity contribution in [3.63, 3.8) is 0 Å². The molecular formula is C13H13F3N4O. The number of nitrogen functional groups attached to an aromatic ring is 1. The van der Waals surface area contributed by atoms with Crippen molar-refractivity contribution >= 4 is 5.91 Å². The van der Waals surface area contributed by atoms with E-state index in [1.807, 2.05) is 6.92 Å². The Hall–Kier alpha value is -2.35. The van der Waals surface area contributed by atoms with Gasteiger partial charge in [0.25, 0.3) is 5.91 Å². The van der Waals surface area contributed by atoms with Crippen LogP contribution in [0.4, 0.5) is 13.2 Å². The van der Waals surface area contributed by atoms with Gasteiger partial charge >= 0.3 is 6.18 Å². The Morgan fingerprint density at radius 1 is 1.33 bits per heavy atom. The zero-order valence-corrected chi connectivity index (χ0v) is 11.1. The molecule has 0 bridgehead atoms. The molecule has 0 fully saturated rings. The maximum Gasteiger partial charge on any atom is 0.434 e. The number of hydrogen-bond acceptors (Lipinski definition) is 3. The molecule has 0 unspecified atom stereocenters. The highest BCUT2D eigenvalue weighted by Gasteiger charge is 2.40. The van der Waals surface area contributed by atoms with E-state index < -0.39 is 23.3 Å². The number of aromatic nitrogens is 2. The number of carbonyl (C=O) groups excluding carboxylic acids is 1. The van der Waals surface area contributed by atoms with Crippen LogP contribution in [0.2, 0.25) is 0 Å². The summed E-state index contributed by atoms with van der Waals surface area (Å²) < 4.78 is 40.2. The van der Waals surface area contributed by atoms with E-state index in [2.05, 4.69) is 5.10 Å². The molecule has 2 aromatic rings. The number of aryl methyl sites for hydroxylation is 1. The number of alkyl halides is 3. The van der Waals surface area contributed by atoms with Crippen molar-refractivity contribution < 1.29 is 18.0 Å². The van der Waals surface area contributed by atoms with Gasteiger partial charge in [-0.1, -0.05) is 19.1 Å². The standard InChI is InChI=1S/C13H13F3N4O/c1-2-8-3-5-9(6-4-8)20-11(13(14,15)16)10(7-18-20)12(21)19-17/h3-7H,2,17H2,1H3,(H,19,21). The Balaban J connectivity index is 2.58. The number of rotatable bonds is 3. The van der Waals surface area contributed by atoms with Gasteiger partial charge in [0.2, 0.25) is 0 Å². The molecule has 0 saturated carbocycles. The molecule has 21 heavy (non-hydrogen) atoms. The monoisotopic (exact) mass is 298 g/mol. The summed E-state index contributed by atoms with van der Waals surface area (Å²) in [5.41, 5.74) is 1.11. The quantitative estimate of drug-likeness (QED) is 0.517. The van der Waals surface area contributed by atoms with Crippen LogP contribution in [-0.4, -0.2) is 15.7 Å². The summed E-state index contributed by atoms with van der Waals surface area (Å²) in [6.07, 6.45) is -3.12. The Morgan fingerprint density at radius 3 is 2.43 bits per heavy atom. The average Bonchev–Trinajstić information content (AvgIpc) is 2.91. The largest absolute Gasteiger partial charge is 0.434 e. The van der Waals surface area contributed by atoms with E-state index >= 15 is 0 Å². The van der Waals surface area contributed by atoms with E-state index in [1.54, 1.807) is 17.6 Å². The lowest BCUT2D eigenvalue weighted by molar-refractivity contribution is -0.143. The fraction of sp³-hybridized carbons (Fsp3) is 0.231. The predicted molar refractivity (Wildman–Crippen MR) is 69.6 cm³/mol. The second-order valence-electron chi connectivity index (χ2n) is 4.31. The number of halogens is 3. The lowest BCUT2D eigenvalue weighted by Gasteiger charge is -2.12. The van der Waals surface area contributed by atoms with Crippen LogP contribution in [0.1, 0.15) is 28.5 Å². The molecule has 2 rings (SSSR count). The lowest BCUT2D eigenvalue weighted by Crippen LogP contribution is -2.31. The summed E-state index contributed by atoms with van der Waals surface area (Å²) in [6, 6.07) is 6.45. The number of hydrogen-bond donors (Lipinski definition) is 2. The van der Waals surface area contributed by atoms with Crippen molar-refractivity contribution in [2.75, 3.05) is 0 Å². The second kappa shape index (κ2) is 5.57. The molecule has 3 N–H and O–H groups in total. The molecule has 0 aliphatic carbocycles. The molecule has 0 aliphatic rings. The highest BCUT2D eigenvalue weighted by molar-refractivity contribution is 5.95. The van der Waals surface area contributed by atoms with Gasteiger partial charge in [0.1, 0.15) is 0 Å². The molecule has 0 saturated heterocycles. The fourth-order valence-corrected chi connectivity index (χ4v) is 1.93. The van der Waals surface area contributed by atoms with Crippen LogP contribution in [0.3, 0.4) is 0 Å². The summed E-state index contributed by atoms with van der Waals surface area (Å²) in [5.74, 6) is 3.86. The fourth-order valence-electron chi connectivity index (χ4n) is 1.93. The van der Waals surface area contributed by atoms with Gasteiger partial charge in [0.15, 0.2) is 5.69 Å². The first-order valence-corrected chi connectivity index (χ1v) is 6.14. The number of benzene rings is 1. The van der Waals surface area contributed by atoms with Gasteiger partial charge in [-0.25, -0.2) is 10.5 Å². The number of amides is 1. The van der Waals surface area contributed by atoms with Crippen molar-refractivity contribution in [3.8, 4) is 5.69 Å². The highest BCUT2D eigenvalue weighted by Crippen LogP contribution is 2.33. The van der Waals surface area contributed by atoms with Gasteiger partial charge in [0, 0.05) is 0 Å². The average molecular weight is 298 g/mol. The van der Waals surface area contributed by atoms with Gasteiger partial charge in [-0.15, -0.1) is 0 Å². The Bertz CT molecular complexity index is 646. The third-order valence-electron chi connectivity index (χ3n) is 3.00. The van der Waals surface area contributed by atoms with Crippen molar-refractivity contribution in [1.82, 2.24) is 15.2 Å². The molecule has 0 spiro atoms. The van der Waals surface area contributed by atoms with Crippen LogP contribution in [0.5, 0.6) is 0 Å². The van der Waals surface area contributed by atoms with Gasteiger partial charge in [-0.3, -0.25) is 10.2 Å². The van der Waals surface area contributed by atoms with Crippen LogP contribution in [0.25, 0.3) is 5.69 Å². The molecular weight excluding hydrogens is 285 g/mol. The summed E-state index contributed by atoms with van der Waals surface area (Å²) in [7, 11) is 0. The van der Waals surface area contributed by atoms with Gasteiger partial charge < -0.3 is 0 Å². The highest BCUT2D eigenvalue weighted by atomic mass is 19.4. The van der Waals surface area contributed by atoms with E-state index in [0.29, 0.717) is 4.68 Å². The number of hydrazine groups is 1. The molecule has 5 nitrogen and oxygen atoms in total. The minimum Gasteiger partial charge on any atom is -0.290 e. The topological polar surface area (TPSA) is 72.9 Å². The number of nitrogens with one attached hydrogen (secondary N) is 1. The third kappa shape index (κ3) is 2.89. The second-order valence-corrected chi connectivity index (χ2v) is 4.31. The third-order valence-corrected chi connectivity index (χ3v) is 3.00. The number of carbonyl (C=O) groups is 1. The van der Waals surface area contributed by atoms with E-state index in [-0.39, 0.29) is 5.69 Å². The Kier molecular flexibility index (Phi) is 3.99. The summed E-state index contributed by atoms with van der Waals surface area (Å²) in [5, 5.41) is 3.66. The molecule has 0 atom stereocenters. The maximum absolute atomic E-state index is 13.2. The van der Waals surface area contributed by atoms with Gasteiger partial charge in [-0.2, -0.15) is 18.3 Å². The Morgan fingerprint density at radius 2 is 1.95 bits per heavy atom. The SMILES string of the molecule is CCc1ccc(-n2ncc(C(=O)NN)c2C(F)(F)F)cc1. The molecule has 1 amide bonds. The van der Waals surface area contributed by atoms with Gasteiger partial charge in [0.05, 0.1) is 17.4 Å². The van der Waals surface area contributed by atoms with E-state index in [4.69, 9.17) is 5.84 Å². The van der Waals surface area contributed by atoms with Crippen molar-refractivity contribution in [1.29, 1.82) is 0 Å². The molecule has 1 aromatic carbocycles. The van der Waals surface area contributed by atoms with Crippen molar-refractivity contribution in [2.45, 2.75) is 19.5 Å². The molecule has 1 aromatic heterocycles. The molecule has 0 radical (unpaired) electrons. The smallest absolute Gasteiger partial charge is 0.290 e. The maximum atomic E-state index is 13.2. The van der Waals surface area contributed by atoms with Crippen LogP contribution in [-0.2, 0) is 12.6 Å². The van der Waals surface area contributed by atoms with E-state index in [0.717, 1.165) is 18.2 Å². The minimum atomic E-state index is -4.73. The molecule has 0 aliphatic heterocycles. The Labute approximate surface area is 118 Å². The molecule has 112 valence electrons. The first kappa shape index (κ1) is 15.0. The van der Waals surface area contributed by atoms with E-state index in [9.17, 15) is 18.0 Å². The summed E-state index contributed by atoms with van der Waals surface area (Å²) in [6.45, 7) is 1.94. The molecule has 1 heterocycles. The number of nitrogens with zero attached hydrogens (tertiary/aromatic N) is 2. The lowest BCUT2D eigenvalue weighted by atomic mass is 10.1. The minimum absolute atomic E-state index is 0.218. The summed E-state index contributed by atoms with van der Waals surface area (Å²) >= 11 is 0. The van der Waals surface area contributed by atoms with E-state index in [1.165, 1.54) is 12.1 Å². The first-order valence-electron chi connectivity index (χ1n) is 6.14. The first-order chi connectivity index (χ1) is 9.88. The van der Waals surface area contributed by atoms with Crippen LogP contribution >= 0.6 is 0 Å². The van der Waals surface area contributed by atoms with Gasteiger partial charge in [-0.05, 0) is 24.1 Å². The van der Waals surface area contributed by atoms with Crippen LogP contribution in [0, 0.1) is 0 Å². The summed E-state index contributed by atoms with van der Waals surface area (Å²) in [4.78, 5) is 11.4. The van der Waals surface area contributed by atoms with Crippen molar-refractivity contribution in [3.05, 3.63) is 47.3 Å². The van der Waals surface area contributed by atoms with Crippen LogP contribution < -0.4 is 11.3 Å².